The number of pyridine rings is 2. The van der Waals surface area contributed by atoms with Crippen LogP contribution in [0.3, 0.4) is 0 Å². The average Bonchev–Trinajstić information content (AvgIpc) is 3.40. The molecule has 2 N–H and O–H groups in total. The molecule has 4 aromatic rings. The van der Waals surface area contributed by atoms with E-state index in [2.05, 4.69) is 30.4 Å². The van der Waals surface area contributed by atoms with E-state index in [0.29, 0.717) is 11.5 Å². The van der Waals surface area contributed by atoms with E-state index in [1.807, 2.05) is 19.9 Å². The zero-order valence-corrected chi connectivity index (χ0v) is 17.1. The van der Waals surface area contributed by atoms with E-state index in [1.54, 1.807) is 31.0 Å². The number of aromatic amines is 1. The third-order valence-electron chi connectivity index (χ3n) is 5.01. The molecule has 7 nitrogen and oxygen atoms in total. The average molecular weight is 429 g/mol. The van der Waals surface area contributed by atoms with Crippen LogP contribution < -0.4 is 5.32 Å². The summed E-state index contributed by atoms with van der Waals surface area (Å²) in [5.41, 5.74) is 3.21. The van der Waals surface area contributed by atoms with E-state index in [-0.39, 0.29) is 24.6 Å². The number of nitrogens with zero attached hydrogens (tertiary/aromatic N) is 5. The fourth-order valence-electron chi connectivity index (χ4n) is 3.45. The van der Waals surface area contributed by atoms with Gasteiger partial charge in [0.25, 0.3) is 0 Å². The molecule has 0 radical (unpaired) electrons. The molecule has 0 aliphatic heterocycles. The van der Waals surface area contributed by atoms with E-state index in [1.165, 1.54) is 16.9 Å². The van der Waals surface area contributed by atoms with Crippen molar-refractivity contribution in [1.82, 2.24) is 35.0 Å². The summed E-state index contributed by atoms with van der Waals surface area (Å²) >= 11 is 0. The molecule has 4 aromatic heterocycles. The first-order chi connectivity index (χ1) is 14.8. The Hall–Kier alpha value is -3.27. The highest BCUT2D eigenvalue weighted by atomic mass is 19.4. The lowest BCUT2D eigenvalue weighted by atomic mass is 9.96. The monoisotopic (exact) mass is 429 g/mol. The van der Waals surface area contributed by atoms with Crippen LogP contribution in [0.25, 0.3) is 28.1 Å². The number of rotatable bonds is 7. The third-order valence-corrected chi connectivity index (χ3v) is 5.01. The minimum Gasteiger partial charge on any atom is -0.343 e. The predicted molar refractivity (Wildman–Crippen MR) is 111 cm³/mol. The number of hydrogen-bond donors (Lipinski definition) is 2. The molecule has 0 aliphatic carbocycles. The lowest BCUT2D eigenvalue weighted by Crippen LogP contribution is -2.29. The van der Waals surface area contributed by atoms with Crippen LogP contribution in [0.5, 0.6) is 0 Å². The van der Waals surface area contributed by atoms with Gasteiger partial charge in [0.15, 0.2) is 11.5 Å². The van der Waals surface area contributed by atoms with E-state index in [0.717, 1.165) is 16.6 Å². The highest BCUT2D eigenvalue weighted by molar-refractivity contribution is 5.88. The summed E-state index contributed by atoms with van der Waals surface area (Å²) in [4.78, 5) is 15.6. The molecule has 0 aliphatic rings. The number of hydrogen-bond acceptors (Lipinski definition) is 5. The Labute approximate surface area is 176 Å². The maximum atomic E-state index is 13.6. The van der Waals surface area contributed by atoms with Gasteiger partial charge in [0.1, 0.15) is 0 Å². The number of fused-ring (bicyclic) bond motifs is 1. The maximum Gasteiger partial charge on any atom is 0.395 e. The Morgan fingerprint density at radius 1 is 1.10 bits per heavy atom. The summed E-state index contributed by atoms with van der Waals surface area (Å²) in [5.74, 6) is -1.13. The first-order valence-corrected chi connectivity index (χ1v) is 9.92. The SMILES string of the molecule is CC(C)NCC[C@@H](c1ccc(-n2cc(-c3ccnc4nc[nH]c34)cn2)nc1)C(F)(F)F. The minimum atomic E-state index is -4.34. The smallest absolute Gasteiger partial charge is 0.343 e. The number of H-pyrrole nitrogens is 1. The molecule has 0 aromatic carbocycles. The third kappa shape index (κ3) is 4.58. The van der Waals surface area contributed by atoms with Gasteiger partial charge >= 0.3 is 6.18 Å². The van der Waals surface area contributed by atoms with Crippen molar-refractivity contribution in [2.75, 3.05) is 6.54 Å². The maximum absolute atomic E-state index is 13.6. The van der Waals surface area contributed by atoms with Crippen molar-refractivity contribution in [3.63, 3.8) is 0 Å². The zero-order valence-electron chi connectivity index (χ0n) is 17.1. The lowest BCUT2D eigenvalue weighted by molar-refractivity contribution is -0.151. The summed E-state index contributed by atoms with van der Waals surface area (Å²) in [6.45, 7) is 4.08. The lowest BCUT2D eigenvalue weighted by Gasteiger charge is -2.21. The van der Waals surface area contributed by atoms with Gasteiger partial charge in [0.05, 0.1) is 24.0 Å². The van der Waals surface area contributed by atoms with Crippen LogP contribution in [0, 0.1) is 0 Å². The second kappa shape index (κ2) is 8.46. The van der Waals surface area contributed by atoms with Crippen molar-refractivity contribution in [2.24, 2.45) is 0 Å². The fraction of sp³-hybridized carbons (Fsp3) is 0.333. The zero-order chi connectivity index (χ0) is 22.0. The van der Waals surface area contributed by atoms with E-state index < -0.39 is 12.1 Å². The topological polar surface area (TPSA) is 84.3 Å². The van der Waals surface area contributed by atoms with Crippen LogP contribution in [0.15, 0.2) is 49.3 Å². The molecule has 0 fully saturated rings. The molecule has 0 saturated heterocycles. The molecule has 31 heavy (non-hydrogen) atoms. The van der Waals surface area contributed by atoms with Gasteiger partial charge in [0.2, 0.25) is 0 Å². The molecule has 0 unspecified atom stereocenters. The Balaban J connectivity index is 1.56. The molecule has 162 valence electrons. The molecule has 0 spiro atoms. The van der Waals surface area contributed by atoms with Crippen molar-refractivity contribution in [3.8, 4) is 16.9 Å². The number of halogens is 3. The van der Waals surface area contributed by atoms with Crippen LogP contribution >= 0.6 is 0 Å². The van der Waals surface area contributed by atoms with Gasteiger partial charge in [-0.05, 0) is 30.7 Å². The van der Waals surface area contributed by atoms with E-state index in [4.69, 9.17) is 0 Å². The number of aromatic nitrogens is 6. The van der Waals surface area contributed by atoms with Crippen LogP contribution in [-0.4, -0.2) is 48.5 Å². The Bertz CT molecular complexity index is 1150. The molecule has 0 bridgehead atoms. The van der Waals surface area contributed by atoms with Crippen LogP contribution in [0.1, 0.15) is 31.7 Å². The van der Waals surface area contributed by atoms with Gasteiger partial charge in [-0.1, -0.05) is 19.9 Å². The van der Waals surface area contributed by atoms with E-state index >= 15 is 0 Å². The molecule has 1 atom stereocenters. The van der Waals surface area contributed by atoms with Crippen molar-refractivity contribution in [1.29, 1.82) is 0 Å². The highest BCUT2D eigenvalue weighted by Crippen LogP contribution is 2.37. The Morgan fingerprint density at radius 2 is 1.94 bits per heavy atom. The van der Waals surface area contributed by atoms with Gasteiger partial charge in [-0.3, -0.25) is 0 Å². The minimum absolute atomic E-state index is 0.0448. The van der Waals surface area contributed by atoms with Crippen molar-refractivity contribution in [3.05, 3.63) is 54.9 Å². The number of alkyl halides is 3. The second-order valence-electron chi connectivity index (χ2n) is 7.57. The normalized spacial score (nSPS) is 13.2. The standard InChI is InChI=1S/C21H22F3N7/c1-13(2)25-8-6-17(21(22,23)24)14-3-4-18(27-9-14)31-11-15(10-30-31)16-5-7-26-20-19(16)28-12-29-20/h3-5,7,9-13,17,25H,6,8H2,1-2H3,(H,26,28,29)/t17-/m0/s1. The highest BCUT2D eigenvalue weighted by Gasteiger charge is 2.40. The van der Waals surface area contributed by atoms with Crippen LogP contribution in [-0.2, 0) is 0 Å². The molecule has 4 heterocycles. The first kappa shape index (κ1) is 21.0. The molecule has 0 saturated carbocycles. The summed E-state index contributed by atoms with van der Waals surface area (Å²) in [6, 6.07) is 5.00. The predicted octanol–water partition coefficient (Wildman–Crippen LogP) is 4.24. The van der Waals surface area contributed by atoms with Crippen molar-refractivity contribution >= 4 is 11.2 Å². The van der Waals surface area contributed by atoms with Gasteiger partial charge in [-0.25, -0.2) is 19.6 Å². The summed E-state index contributed by atoms with van der Waals surface area (Å²) in [6.07, 6.45) is 3.57. The number of nitrogens with one attached hydrogen (secondary N) is 2. The second-order valence-corrected chi connectivity index (χ2v) is 7.57. The van der Waals surface area contributed by atoms with Crippen LogP contribution in [0.4, 0.5) is 13.2 Å². The fourth-order valence-corrected chi connectivity index (χ4v) is 3.45. The van der Waals surface area contributed by atoms with E-state index in [9.17, 15) is 13.2 Å². The summed E-state index contributed by atoms with van der Waals surface area (Å²) < 4.78 is 42.2. The summed E-state index contributed by atoms with van der Waals surface area (Å²) in [7, 11) is 0. The molecular weight excluding hydrogens is 407 g/mol. The van der Waals surface area contributed by atoms with Gasteiger partial charge in [-0.15, -0.1) is 0 Å². The molecule has 10 heteroatoms. The van der Waals surface area contributed by atoms with Crippen LogP contribution in [0.2, 0.25) is 0 Å². The summed E-state index contributed by atoms with van der Waals surface area (Å²) in [5, 5.41) is 7.35. The Kier molecular flexibility index (Phi) is 5.73. The largest absolute Gasteiger partial charge is 0.395 e. The van der Waals surface area contributed by atoms with Gasteiger partial charge < -0.3 is 10.3 Å². The quantitative estimate of drug-likeness (QED) is 0.459. The first-order valence-electron chi connectivity index (χ1n) is 9.92. The van der Waals surface area contributed by atoms with Crippen molar-refractivity contribution < 1.29 is 13.2 Å². The van der Waals surface area contributed by atoms with Crippen molar-refractivity contribution in [2.45, 2.75) is 38.4 Å². The van der Waals surface area contributed by atoms with Gasteiger partial charge in [-0.2, -0.15) is 18.3 Å². The van der Waals surface area contributed by atoms with Gasteiger partial charge in [0, 0.05) is 35.8 Å². The molecular formula is C21H22F3N7. The number of imidazole rings is 1. The molecule has 4 rings (SSSR count). The Morgan fingerprint density at radius 3 is 2.65 bits per heavy atom. The molecule has 0 amide bonds.